The standard InChI is InChI=1S/C14H15FN2O4S2/c1-10(11-3-2-4-14(9-11)22(16,18)19)17-23(20,21)13-7-5-12(15)6-8-13/h2-10,17H,1H3,(H2,16,18,19). The Morgan fingerprint density at radius 3 is 2.17 bits per heavy atom. The molecule has 0 fully saturated rings. The molecule has 124 valence electrons. The van der Waals surface area contributed by atoms with E-state index in [1.54, 1.807) is 13.0 Å². The predicted molar refractivity (Wildman–Crippen MR) is 83.0 cm³/mol. The van der Waals surface area contributed by atoms with E-state index in [1.807, 2.05) is 0 Å². The maximum atomic E-state index is 12.9. The van der Waals surface area contributed by atoms with E-state index in [9.17, 15) is 21.2 Å². The molecule has 0 aliphatic heterocycles. The molecule has 0 radical (unpaired) electrons. The van der Waals surface area contributed by atoms with Gasteiger partial charge in [-0.1, -0.05) is 12.1 Å². The fourth-order valence-electron chi connectivity index (χ4n) is 1.94. The Morgan fingerprint density at radius 1 is 1.00 bits per heavy atom. The zero-order chi connectivity index (χ0) is 17.3. The van der Waals surface area contributed by atoms with Crippen LogP contribution in [0.2, 0.25) is 0 Å². The van der Waals surface area contributed by atoms with Crippen LogP contribution in [0.25, 0.3) is 0 Å². The molecule has 0 saturated carbocycles. The highest BCUT2D eigenvalue weighted by molar-refractivity contribution is 7.89. The number of halogens is 1. The number of nitrogens with two attached hydrogens (primary N) is 1. The minimum absolute atomic E-state index is 0.0895. The molecule has 0 aliphatic rings. The summed E-state index contributed by atoms with van der Waals surface area (Å²) in [6.45, 7) is 1.56. The summed E-state index contributed by atoms with van der Waals surface area (Å²) in [5, 5.41) is 5.06. The molecule has 23 heavy (non-hydrogen) atoms. The summed E-state index contributed by atoms with van der Waals surface area (Å²) in [5.41, 5.74) is 0.433. The van der Waals surface area contributed by atoms with E-state index in [-0.39, 0.29) is 9.79 Å². The molecule has 0 aliphatic carbocycles. The Labute approximate surface area is 134 Å². The third-order valence-corrected chi connectivity index (χ3v) is 5.61. The summed E-state index contributed by atoms with van der Waals surface area (Å²) in [4.78, 5) is -0.198. The fraction of sp³-hybridized carbons (Fsp3) is 0.143. The zero-order valence-corrected chi connectivity index (χ0v) is 13.7. The van der Waals surface area contributed by atoms with Gasteiger partial charge in [0.25, 0.3) is 0 Å². The highest BCUT2D eigenvalue weighted by Crippen LogP contribution is 2.19. The van der Waals surface area contributed by atoms with E-state index in [1.165, 1.54) is 18.2 Å². The molecule has 0 heterocycles. The van der Waals surface area contributed by atoms with Crippen LogP contribution in [0, 0.1) is 5.82 Å². The number of primary sulfonamides is 1. The first-order valence-electron chi connectivity index (χ1n) is 6.50. The molecule has 2 aromatic carbocycles. The monoisotopic (exact) mass is 358 g/mol. The van der Waals surface area contributed by atoms with Crippen LogP contribution in [0.15, 0.2) is 58.3 Å². The van der Waals surface area contributed by atoms with Crippen molar-refractivity contribution in [3.05, 3.63) is 59.9 Å². The summed E-state index contributed by atoms with van der Waals surface area (Å²) < 4.78 is 62.4. The van der Waals surface area contributed by atoms with Crippen molar-refractivity contribution in [2.75, 3.05) is 0 Å². The molecule has 0 spiro atoms. The average Bonchev–Trinajstić information content (AvgIpc) is 2.46. The van der Waals surface area contributed by atoms with Gasteiger partial charge in [0.2, 0.25) is 20.0 Å². The van der Waals surface area contributed by atoms with Crippen LogP contribution in [0.3, 0.4) is 0 Å². The molecule has 6 nitrogen and oxygen atoms in total. The number of hydrogen-bond donors (Lipinski definition) is 2. The van der Waals surface area contributed by atoms with E-state index in [4.69, 9.17) is 5.14 Å². The first-order chi connectivity index (χ1) is 10.6. The van der Waals surface area contributed by atoms with Crippen molar-refractivity contribution < 1.29 is 21.2 Å². The van der Waals surface area contributed by atoms with Crippen molar-refractivity contribution in [3.8, 4) is 0 Å². The van der Waals surface area contributed by atoms with Crippen LogP contribution in [0.4, 0.5) is 4.39 Å². The van der Waals surface area contributed by atoms with Gasteiger partial charge in [0.05, 0.1) is 9.79 Å². The number of rotatable bonds is 5. The van der Waals surface area contributed by atoms with Crippen molar-refractivity contribution in [1.29, 1.82) is 0 Å². The smallest absolute Gasteiger partial charge is 0.225 e. The first kappa shape index (κ1) is 17.5. The van der Waals surface area contributed by atoms with E-state index >= 15 is 0 Å². The van der Waals surface area contributed by atoms with Crippen LogP contribution >= 0.6 is 0 Å². The molecule has 9 heteroatoms. The Morgan fingerprint density at radius 2 is 1.61 bits per heavy atom. The quantitative estimate of drug-likeness (QED) is 0.845. The van der Waals surface area contributed by atoms with Gasteiger partial charge in [-0.2, -0.15) is 0 Å². The third kappa shape index (κ3) is 4.35. The van der Waals surface area contributed by atoms with E-state index in [0.29, 0.717) is 5.56 Å². The molecule has 1 unspecified atom stereocenters. The van der Waals surface area contributed by atoms with Gasteiger partial charge in [0.1, 0.15) is 5.82 Å². The zero-order valence-electron chi connectivity index (χ0n) is 12.1. The van der Waals surface area contributed by atoms with Crippen LogP contribution in [0.1, 0.15) is 18.5 Å². The second-order valence-corrected chi connectivity index (χ2v) is 8.19. The van der Waals surface area contributed by atoms with Gasteiger partial charge in [-0.25, -0.2) is 31.1 Å². The molecular weight excluding hydrogens is 343 g/mol. The van der Waals surface area contributed by atoms with Crippen LogP contribution < -0.4 is 9.86 Å². The summed E-state index contributed by atoms with van der Waals surface area (Å²) in [6.07, 6.45) is 0. The molecule has 1 atom stereocenters. The largest absolute Gasteiger partial charge is 0.241 e. The molecule has 0 saturated heterocycles. The minimum atomic E-state index is -3.88. The predicted octanol–water partition coefficient (Wildman–Crippen LogP) is 1.51. The van der Waals surface area contributed by atoms with Crippen molar-refractivity contribution in [1.82, 2.24) is 4.72 Å². The number of benzene rings is 2. The molecule has 0 aromatic heterocycles. The first-order valence-corrected chi connectivity index (χ1v) is 9.53. The lowest BCUT2D eigenvalue weighted by molar-refractivity contribution is 0.566. The number of sulfonamides is 2. The van der Waals surface area contributed by atoms with Crippen LogP contribution in [-0.2, 0) is 20.0 Å². The van der Waals surface area contributed by atoms with E-state index < -0.39 is 31.9 Å². The third-order valence-electron chi connectivity index (χ3n) is 3.14. The minimum Gasteiger partial charge on any atom is -0.225 e. The Bertz CT molecular complexity index is 910. The van der Waals surface area contributed by atoms with Gasteiger partial charge in [-0.05, 0) is 48.9 Å². The summed E-state index contributed by atoms with van der Waals surface area (Å²) in [6, 6.07) is 9.34. The highest BCUT2D eigenvalue weighted by atomic mass is 32.2. The van der Waals surface area contributed by atoms with Crippen LogP contribution in [-0.4, -0.2) is 16.8 Å². The summed E-state index contributed by atoms with van der Waals surface area (Å²) >= 11 is 0. The second-order valence-electron chi connectivity index (χ2n) is 4.91. The highest BCUT2D eigenvalue weighted by Gasteiger charge is 2.19. The topological polar surface area (TPSA) is 106 Å². The lowest BCUT2D eigenvalue weighted by atomic mass is 10.1. The molecule has 0 bridgehead atoms. The van der Waals surface area contributed by atoms with Crippen molar-refractivity contribution >= 4 is 20.0 Å². The average molecular weight is 358 g/mol. The molecule has 2 aromatic rings. The molecule has 0 amide bonds. The Balaban J connectivity index is 2.28. The van der Waals surface area contributed by atoms with E-state index in [0.717, 1.165) is 24.3 Å². The van der Waals surface area contributed by atoms with Crippen molar-refractivity contribution in [3.63, 3.8) is 0 Å². The summed E-state index contributed by atoms with van der Waals surface area (Å²) in [7, 11) is -7.75. The Kier molecular flexibility index (Phi) is 4.85. The lowest BCUT2D eigenvalue weighted by Gasteiger charge is -2.15. The van der Waals surface area contributed by atoms with Crippen molar-refractivity contribution in [2.45, 2.75) is 22.8 Å². The normalized spacial score (nSPS) is 13.7. The lowest BCUT2D eigenvalue weighted by Crippen LogP contribution is -2.27. The van der Waals surface area contributed by atoms with Gasteiger partial charge in [-0.3, -0.25) is 0 Å². The second kappa shape index (κ2) is 6.36. The summed E-state index contributed by atoms with van der Waals surface area (Å²) in [5.74, 6) is -0.544. The maximum Gasteiger partial charge on any atom is 0.241 e. The van der Waals surface area contributed by atoms with Gasteiger partial charge in [0, 0.05) is 6.04 Å². The number of nitrogens with one attached hydrogen (secondary N) is 1. The van der Waals surface area contributed by atoms with Gasteiger partial charge in [-0.15, -0.1) is 0 Å². The SMILES string of the molecule is CC(NS(=O)(=O)c1ccc(F)cc1)c1cccc(S(N)(=O)=O)c1. The number of hydrogen-bond acceptors (Lipinski definition) is 4. The van der Waals surface area contributed by atoms with Crippen LogP contribution in [0.5, 0.6) is 0 Å². The maximum absolute atomic E-state index is 12.9. The molecular formula is C14H15FN2O4S2. The van der Waals surface area contributed by atoms with Gasteiger partial charge >= 0.3 is 0 Å². The van der Waals surface area contributed by atoms with E-state index in [2.05, 4.69) is 4.72 Å². The molecule has 3 N–H and O–H groups in total. The molecule has 2 rings (SSSR count). The van der Waals surface area contributed by atoms with Gasteiger partial charge < -0.3 is 0 Å². The van der Waals surface area contributed by atoms with Crippen molar-refractivity contribution in [2.24, 2.45) is 5.14 Å². The van der Waals surface area contributed by atoms with Gasteiger partial charge in [0.15, 0.2) is 0 Å². The Hall–Kier alpha value is -1.81. The fourth-order valence-corrected chi connectivity index (χ4v) is 3.74.